The molecule has 0 aromatic rings. The number of amides is 2. The molecule has 1 heterocycles. The van der Waals surface area contributed by atoms with Crippen LogP contribution in [0.25, 0.3) is 0 Å². The minimum Gasteiger partial charge on any atom is -0.363 e. The zero-order valence-corrected chi connectivity index (χ0v) is 9.75. The van der Waals surface area contributed by atoms with E-state index in [0.29, 0.717) is 0 Å². The molecular weight excluding hydrogens is 190 g/mol. The van der Waals surface area contributed by atoms with Crippen LogP contribution >= 0.6 is 0 Å². The van der Waals surface area contributed by atoms with E-state index in [0.717, 1.165) is 44.6 Å². The molecule has 2 amide bonds. The highest BCUT2D eigenvalue weighted by Gasteiger charge is 2.15. The molecule has 0 aliphatic carbocycles. The maximum atomic E-state index is 11.4. The molecule has 4 heteroatoms. The zero-order chi connectivity index (χ0) is 11.1. The van der Waals surface area contributed by atoms with Crippen LogP contribution in [0.5, 0.6) is 0 Å². The summed E-state index contributed by atoms with van der Waals surface area (Å²) in [6.07, 6.45) is 5.42. The highest BCUT2D eigenvalue weighted by atomic mass is 16.2. The van der Waals surface area contributed by atoms with Crippen molar-refractivity contribution in [2.45, 2.75) is 39.0 Å². The first kappa shape index (κ1) is 12.0. The Labute approximate surface area is 91.7 Å². The van der Waals surface area contributed by atoms with Crippen molar-refractivity contribution < 1.29 is 4.79 Å². The number of nitrogens with zero attached hydrogens (tertiary/aromatic N) is 2. The van der Waals surface area contributed by atoms with Gasteiger partial charge in [0.2, 0.25) is 0 Å². The molecule has 0 saturated carbocycles. The second kappa shape index (κ2) is 6.43. The van der Waals surface area contributed by atoms with Gasteiger partial charge in [0.25, 0.3) is 0 Å². The SMILES string of the molecule is CCCCCNC(=O)/N=C1\CCCN1C. The summed E-state index contributed by atoms with van der Waals surface area (Å²) in [7, 11) is 1.98. The maximum absolute atomic E-state index is 11.4. The average Bonchev–Trinajstić information content (AvgIpc) is 2.59. The van der Waals surface area contributed by atoms with Gasteiger partial charge in [-0.3, -0.25) is 0 Å². The van der Waals surface area contributed by atoms with Gasteiger partial charge in [-0.25, -0.2) is 4.79 Å². The van der Waals surface area contributed by atoms with Crippen LogP contribution in [0.15, 0.2) is 4.99 Å². The molecule has 86 valence electrons. The lowest BCUT2D eigenvalue weighted by molar-refractivity contribution is 0.248. The number of unbranched alkanes of at least 4 members (excludes halogenated alkanes) is 2. The van der Waals surface area contributed by atoms with Crippen LogP contribution in [0, 0.1) is 0 Å². The lowest BCUT2D eigenvalue weighted by Gasteiger charge is -2.10. The summed E-state index contributed by atoms with van der Waals surface area (Å²) in [6, 6.07) is -0.185. The Morgan fingerprint density at radius 2 is 2.33 bits per heavy atom. The molecule has 15 heavy (non-hydrogen) atoms. The molecule has 0 bridgehead atoms. The van der Waals surface area contributed by atoms with Gasteiger partial charge >= 0.3 is 6.03 Å². The summed E-state index contributed by atoms with van der Waals surface area (Å²) >= 11 is 0. The van der Waals surface area contributed by atoms with E-state index in [1.807, 2.05) is 11.9 Å². The summed E-state index contributed by atoms with van der Waals surface area (Å²) in [5.74, 6) is 0.919. The molecule has 0 unspecified atom stereocenters. The van der Waals surface area contributed by atoms with Crippen molar-refractivity contribution in [2.24, 2.45) is 4.99 Å². The molecule has 0 radical (unpaired) electrons. The van der Waals surface area contributed by atoms with Gasteiger partial charge in [-0.05, 0) is 12.8 Å². The zero-order valence-electron chi connectivity index (χ0n) is 9.75. The Bertz CT molecular complexity index is 238. The van der Waals surface area contributed by atoms with Gasteiger partial charge in [-0.1, -0.05) is 19.8 Å². The molecule has 1 fully saturated rings. The molecule has 0 aromatic carbocycles. The van der Waals surface area contributed by atoms with E-state index in [1.165, 1.54) is 6.42 Å². The molecule has 4 nitrogen and oxygen atoms in total. The van der Waals surface area contributed by atoms with Gasteiger partial charge in [0.1, 0.15) is 5.84 Å². The fraction of sp³-hybridized carbons (Fsp3) is 0.818. The predicted octanol–water partition coefficient (Wildman–Crippen LogP) is 2.01. The van der Waals surface area contributed by atoms with Gasteiger partial charge in [0.05, 0.1) is 0 Å². The molecule has 1 N–H and O–H groups in total. The summed E-state index contributed by atoms with van der Waals surface area (Å²) in [6.45, 7) is 3.91. The standard InChI is InChI=1S/C11H21N3O/c1-3-4-5-8-12-11(15)13-10-7-6-9-14(10)2/h3-9H2,1-2H3,(H,12,15)/b13-10+. The number of carbonyl (C=O) groups excluding carboxylic acids is 1. The third-order valence-electron chi connectivity index (χ3n) is 2.62. The van der Waals surface area contributed by atoms with E-state index in [4.69, 9.17) is 0 Å². The van der Waals surface area contributed by atoms with Gasteiger partial charge in [0, 0.05) is 26.6 Å². The number of hydrogen-bond acceptors (Lipinski definition) is 1. The summed E-state index contributed by atoms with van der Waals surface area (Å²) in [5.41, 5.74) is 0. The Morgan fingerprint density at radius 3 is 2.93 bits per heavy atom. The van der Waals surface area contributed by atoms with Crippen molar-refractivity contribution in [1.29, 1.82) is 0 Å². The number of urea groups is 1. The molecule has 1 aliphatic heterocycles. The molecular formula is C11H21N3O. The largest absolute Gasteiger partial charge is 0.363 e. The molecule has 1 rings (SSSR count). The number of aliphatic imine (C=N–C) groups is 1. The Kier molecular flexibility index (Phi) is 5.15. The van der Waals surface area contributed by atoms with Crippen molar-refractivity contribution >= 4 is 11.9 Å². The van der Waals surface area contributed by atoms with Crippen LogP contribution in [0.2, 0.25) is 0 Å². The lowest BCUT2D eigenvalue weighted by atomic mass is 10.2. The van der Waals surface area contributed by atoms with Crippen molar-refractivity contribution in [3.8, 4) is 0 Å². The number of carbonyl (C=O) groups is 1. The van der Waals surface area contributed by atoms with Crippen molar-refractivity contribution in [3.63, 3.8) is 0 Å². The third-order valence-corrected chi connectivity index (χ3v) is 2.62. The number of rotatable bonds is 4. The average molecular weight is 211 g/mol. The van der Waals surface area contributed by atoms with Crippen molar-refractivity contribution in [1.82, 2.24) is 10.2 Å². The van der Waals surface area contributed by atoms with Crippen LogP contribution in [0.1, 0.15) is 39.0 Å². The molecule has 0 spiro atoms. The Hall–Kier alpha value is -1.06. The summed E-state index contributed by atoms with van der Waals surface area (Å²) in [4.78, 5) is 17.5. The molecule has 1 aliphatic rings. The molecule has 1 saturated heterocycles. The van der Waals surface area contributed by atoms with Gasteiger partial charge in [-0.15, -0.1) is 0 Å². The van der Waals surface area contributed by atoms with Crippen molar-refractivity contribution in [3.05, 3.63) is 0 Å². The maximum Gasteiger partial charge on any atom is 0.342 e. The van der Waals surface area contributed by atoms with Gasteiger partial charge in [0.15, 0.2) is 0 Å². The first-order valence-corrected chi connectivity index (χ1v) is 5.80. The van der Waals surface area contributed by atoms with Crippen LogP contribution in [0.3, 0.4) is 0 Å². The topological polar surface area (TPSA) is 44.7 Å². The Balaban J connectivity index is 2.22. The van der Waals surface area contributed by atoms with Crippen LogP contribution in [0.4, 0.5) is 4.79 Å². The smallest absolute Gasteiger partial charge is 0.342 e. The van der Waals surface area contributed by atoms with Gasteiger partial charge in [-0.2, -0.15) is 4.99 Å². The normalized spacial score (nSPS) is 18.5. The molecule has 0 aromatic heterocycles. The number of amidine groups is 1. The number of nitrogens with one attached hydrogen (secondary N) is 1. The summed E-state index contributed by atoms with van der Waals surface area (Å²) < 4.78 is 0. The van der Waals surface area contributed by atoms with E-state index in [2.05, 4.69) is 17.2 Å². The van der Waals surface area contributed by atoms with Crippen molar-refractivity contribution in [2.75, 3.05) is 20.1 Å². The van der Waals surface area contributed by atoms with Crippen LogP contribution < -0.4 is 5.32 Å². The first-order valence-electron chi connectivity index (χ1n) is 5.80. The summed E-state index contributed by atoms with van der Waals surface area (Å²) in [5, 5.41) is 2.81. The van der Waals surface area contributed by atoms with Crippen LogP contribution in [-0.4, -0.2) is 36.9 Å². The van der Waals surface area contributed by atoms with Crippen LogP contribution in [-0.2, 0) is 0 Å². The predicted molar refractivity (Wildman–Crippen MR) is 62.2 cm³/mol. The Morgan fingerprint density at radius 1 is 1.53 bits per heavy atom. The quantitative estimate of drug-likeness (QED) is 0.723. The minimum atomic E-state index is -0.185. The lowest BCUT2D eigenvalue weighted by Crippen LogP contribution is -2.26. The minimum absolute atomic E-state index is 0.185. The monoisotopic (exact) mass is 211 g/mol. The number of hydrogen-bond donors (Lipinski definition) is 1. The highest BCUT2D eigenvalue weighted by Crippen LogP contribution is 2.08. The van der Waals surface area contributed by atoms with E-state index in [-0.39, 0.29) is 6.03 Å². The highest BCUT2D eigenvalue weighted by molar-refractivity contribution is 5.94. The van der Waals surface area contributed by atoms with E-state index in [9.17, 15) is 4.79 Å². The fourth-order valence-corrected chi connectivity index (χ4v) is 1.66. The van der Waals surface area contributed by atoms with E-state index < -0.39 is 0 Å². The second-order valence-corrected chi connectivity index (χ2v) is 3.99. The third kappa shape index (κ3) is 4.32. The molecule has 0 atom stereocenters. The van der Waals surface area contributed by atoms with E-state index in [1.54, 1.807) is 0 Å². The number of likely N-dealkylation sites (tertiary alicyclic amines) is 1. The second-order valence-electron chi connectivity index (χ2n) is 3.99. The van der Waals surface area contributed by atoms with Gasteiger partial charge < -0.3 is 10.2 Å². The van der Waals surface area contributed by atoms with E-state index >= 15 is 0 Å². The first-order chi connectivity index (χ1) is 7.24. The fourth-order valence-electron chi connectivity index (χ4n) is 1.66.